The predicted molar refractivity (Wildman–Crippen MR) is 162 cm³/mol. The third-order valence-electron chi connectivity index (χ3n) is 9.23. The van der Waals surface area contributed by atoms with Gasteiger partial charge in [-0.25, -0.2) is 4.98 Å². The number of nitrogens with zero attached hydrogens (tertiary/aromatic N) is 2. The van der Waals surface area contributed by atoms with Gasteiger partial charge in [0.25, 0.3) is 5.56 Å². The lowest BCUT2D eigenvalue weighted by atomic mass is 9.97. The molecule has 0 aliphatic carbocycles. The summed E-state index contributed by atoms with van der Waals surface area (Å²) >= 11 is 0. The molecule has 5 heterocycles. The second kappa shape index (κ2) is 13.4. The Hall–Kier alpha value is -3.06. The molecule has 3 aliphatic heterocycles. The summed E-state index contributed by atoms with van der Waals surface area (Å²) in [4.78, 5) is 18.5. The van der Waals surface area contributed by atoms with Crippen LogP contribution in [0.4, 0.5) is 0 Å². The van der Waals surface area contributed by atoms with Crippen LogP contribution in [0, 0.1) is 6.92 Å². The van der Waals surface area contributed by atoms with Gasteiger partial charge in [0.2, 0.25) is 0 Å². The van der Waals surface area contributed by atoms with E-state index in [1.165, 1.54) is 0 Å². The fraction of sp³-hybridized carbons (Fsp3) is 0.562. The molecular formula is C32H40N2O13. The Labute approximate surface area is 269 Å². The molecule has 15 heteroatoms. The Kier molecular flexibility index (Phi) is 9.68. The zero-order valence-electron chi connectivity index (χ0n) is 26.0. The molecule has 2 fully saturated rings. The smallest absolute Gasteiger partial charge is 0.254 e. The molecule has 0 radical (unpaired) electrons. The molecule has 0 saturated carbocycles. The number of rotatable bonds is 9. The van der Waals surface area contributed by atoms with Gasteiger partial charge in [0.05, 0.1) is 49.9 Å². The van der Waals surface area contributed by atoms with Crippen LogP contribution in [-0.4, -0.2) is 127 Å². The van der Waals surface area contributed by atoms with Crippen LogP contribution >= 0.6 is 0 Å². The largest absolute Gasteiger partial charge is 0.496 e. The molecule has 11 atom stereocenters. The predicted octanol–water partition coefficient (Wildman–Crippen LogP) is -1.17. The van der Waals surface area contributed by atoms with Crippen LogP contribution < -0.4 is 10.3 Å². The van der Waals surface area contributed by atoms with Gasteiger partial charge in [-0.1, -0.05) is 13.0 Å². The van der Waals surface area contributed by atoms with Crippen LogP contribution in [0.25, 0.3) is 22.3 Å². The number of pyridine rings is 2. The topological polar surface area (TPSA) is 223 Å². The van der Waals surface area contributed by atoms with Crippen LogP contribution in [0.2, 0.25) is 0 Å². The van der Waals surface area contributed by atoms with Crippen molar-refractivity contribution in [2.45, 2.75) is 94.3 Å². The van der Waals surface area contributed by atoms with Crippen LogP contribution in [0.15, 0.2) is 35.1 Å². The van der Waals surface area contributed by atoms with Gasteiger partial charge in [0.15, 0.2) is 12.6 Å². The molecule has 1 aromatic carbocycles. The maximum Gasteiger partial charge on any atom is 0.254 e. The molecule has 2 aromatic heterocycles. The zero-order valence-corrected chi connectivity index (χ0v) is 26.0. The summed E-state index contributed by atoms with van der Waals surface area (Å²) in [5, 5.41) is 72.8. The fourth-order valence-electron chi connectivity index (χ4n) is 6.47. The molecule has 6 rings (SSSR count). The van der Waals surface area contributed by atoms with Gasteiger partial charge in [0, 0.05) is 16.5 Å². The van der Waals surface area contributed by atoms with E-state index in [1.807, 2.05) is 37.3 Å². The monoisotopic (exact) mass is 660 g/mol. The first-order chi connectivity index (χ1) is 22.5. The van der Waals surface area contributed by atoms with E-state index in [2.05, 4.69) is 0 Å². The Balaban J connectivity index is 1.23. The molecule has 11 unspecified atom stereocenters. The van der Waals surface area contributed by atoms with Crippen molar-refractivity contribution in [2.24, 2.45) is 0 Å². The maximum atomic E-state index is 13.6. The average Bonchev–Trinajstić information content (AvgIpc) is 3.44. The lowest BCUT2D eigenvalue weighted by Gasteiger charge is -2.43. The van der Waals surface area contributed by atoms with Crippen LogP contribution in [0.1, 0.15) is 36.1 Å². The minimum absolute atomic E-state index is 0.236. The first kappa shape index (κ1) is 33.8. The van der Waals surface area contributed by atoms with E-state index >= 15 is 0 Å². The molecule has 15 nitrogen and oxygen atoms in total. The van der Waals surface area contributed by atoms with E-state index in [-0.39, 0.29) is 5.56 Å². The molecular weight excluding hydrogens is 620 g/mol. The van der Waals surface area contributed by atoms with E-state index in [4.69, 9.17) is 28.7 Å². The van der Waals surface area contributed by atoms with Crippen LogP contribution in [-0.2, 0) is 25.5 Å². The average molecular weight is 661 g/mol. The molecule has 2 saturated heterocycles. The summed E-state index contributed by atoms with van der Waals surface area (Å²) in [7, 11) is 1.59. The number of fused-ring (bicyclic) bond motifs is 4. The van der Waals surface area contributed by atoms with Gasteiger partial charge < -0.3 is 64.0 Å². The minimum atomic E-state index is -1.72. The highest BCUT2D eigenvalue weighted by Crippen LogP contribution is 2.38. The number of methoxy groups -OCH3 is 1. The van der Waals surface area contributed by atoms with E-state index < -0.39 is 80.7 Å². The summed E-state index contributed by atoms with van der Waals surface area (Å²) in [6.07, 6.45) is -15.9. The van der Waals surface area contributed by atoms with Crippen LogP contribution in [0.3, 0.4) is 0 Å². The van der Waals surface area contributed by atoms with E-state index in [0.717, 1.165) is 10.9 Å². The molecule has 3 aromatic rings. The zero-order chi connectivity index (χ0) is 33.7. The quantitative estimate of drug-likeness (QED) is 0.113. The van der Waals surface area contributed by atoms with Gasteiger partial charge in [-0.15, -0.1) is 0 Å². The Morgan fingerprint density at radius 3 is 2.32 bits per heavy atom. The summed E-state index contributed by atoms with van der Waals surface area (Å²) in [5.74, 6) is 0.674. The number of hydrogen-bond acceptors (Lipinski definition) is 14. The van der Waals surface area contributed by atoms with E-state index in [1.54, 1.807) is 18.6 Å². The summed E-state index contributed by atoms with van der Waals surface area (Å²) < 4.78 is 30.0. The third kappa shape index (κ3) is 5.95. The van der Waals surface area contributed by atoms with E-state index in [9.17, 15) is 40.5 Å². The first-order valence-electron chi connectivity index (χ1n) is 15.5. The lowest BCUT2D eigenvalue weighted by molar-refractivity contribution is -0.336. The Morgan fingerprint density at radius 2 is 1.64 bits per heavy atom. The van der Waals surface area contributed by atoms with Gasteiger partial charge in [-0.3, -0.25) is 4.79 Å². The van der Waals surface area contributed by atoms with Crippen molar-refractivity contribution in [2.75, 3.05) is 20.3 Å². The van der Waals surface area contributed by atoms with Crippen molar-refractivity contribution in [3.63, 3.8) is 0 Å². The minimum Gasteiger partial charge on any atom is -0.496 e. The van der Waals surface area contributed by atoms with E-state index in [0.29, 0.717) is 46.7 Å². The Bertz CT molecular complexity index is 1660. The third-order valence-corrected chi connectivity index (χ3v) is 9.23. The second-order valence-corrected chi connectivity index (χ2v) is 12.1. The Morgan fingerprint density at radius 1 is 0.957 bits per heavy atom. The summed E-state index contributed by atoms with van der Waals surface area (Å²) in [6, 6.07) is 9.35. The lowest BCUT2D eigenvalue weighted by Crippen LogP contribution is -2.61. The van der Waals surface area contributed by atoms with Crippen molar-refractivity contribution in [3.8, 4) is 17.1 Å². The van der Waals surface area contributed by atoms with Crippen molar-refractivity contribution in [1.29, 1.82) is 0 Å². The molecule has 0 bridgehead atoms. The number of ether oxygens (including phenoxy) is 5. The molecule has 3 aliphatic rings. The fourth-order valence-corrected chi connectivity index (χ4v) is 6.47. The van der Waals surface area contributed by atoms with Gasteiger partial charge in [-0.2, -0.15) is 0 Å². The van der Waals surface area contributed by atoms with Gasteiger partial charge in [-0.05, 0) is 43.2 Å². The first-order valence-corrected chi connectivity index (χ1v) is 15.5. The number of aliphatic hydroxyl groups excluding tert-OH is 7. The summed E-state index contributed by atoms with van der Waals surface area (Å²) in [5.41, 5.74) is 3.53. The van der Waals surface area contributed by atoms with Crippen molar-refractivity contribution in [1.82, 2.24) is 9.55 Å². The van der Waals surface area contributed by atoms with Crippen molar-refractivity contribution >= 4 is 10.9 Å². The molecule has 47 heavy (non-hydrogen) atoms. The van der Waals surface area contributed by atoms with Gasteiger partial charge in [0.1, 0.15) is 54.6 Å². The highest BCUT2D eigenvalue weighted by molar-refractivity contribution is 5.89. The normalized spacial score (nSPS) is 32.6. The standard InChI is InChI=1S/C32H40N2O13/c1-4-19(15-9-18-23-14(10-34(18)30(42)13(15)2)8-16-17(33-23)6-5-7-20(16)43-3)45-32-29(41)27(39)25(37)22(47-32)12-44-31-28(40)26(38)24(36)21(11-35)46-31/h5-9,19,21-22,24-29,31-32,35-41H,4,10-12H2,1-3H3. The summed E-state index contributed by atoms with van der Waals surface area (Å²) in [6.45, 7) is 2.67. The van der Waals surface area contributed by atoms with Crippen LogP contribution in [0.5, 0.6) is 5.75 Å². The number of benzene rings is 1. The number of aromatic nitrogens is 2. The molecule has 0 spiro atoms. The molecule has 7 N–H and O–H groups in total. The SMILES string of the molecule is CCC(OC1OC(COC2OC(CO)C(O)C(O)C2O)C(O)C(O)C1O)c1cc2n(c(=O)c1C)Cc1cc3c(OC)cccc3nc1-2. The van der Waals surface area contributed by atoms with Gasteiger partial charge >= 0.3 is 0 Å². The van der Waals surface area contributed by atoms with Crippen molar-refractivity contribution in [3.05, 3.63) is 57.4 Å². The number of aliphatic hydroxyl groups is 7. The molecule has 256 valence electrons. The highest BCUT2D eigenvalue weighted by atomic mass is 16.7. The number of hydrogen-bond donors (Lipinski definition) is 7. The molecule has 0 amide bonds. The maximum absolute atomic E-state index is 13.6. The second-order valence-electron chi connectivity index (χ2n) is 12.1. The van der Waals surface area contributed by atoms with Crippen molar-refractivity contribution < 1.29 is 59.4 Å². The highest BCUT2D eigenvalue weighted by Gasteiger charge is 2.48.